The van der Waals surface area contributed by atoms with E-state index in [1.165, 1.54) is 0 Å². The Hall–Kier alpha value is -0.130. The minimum absolute atomic E-state index is 0.00190. The summed E-state index contributed by atoms with van der Waals surface area (Å²) >= 11 is 0. The molecule has 0 bridgehead atoms. The lowest BCUT2D eigenvalue weighted by Crippen LogP contribution is -2.51. The van der Waals surface area contributed by atoms with Crippen molar-refractivity contribution in [2.45, 2.75) is 6.92 Å². The highest BCUT2D eigenvalue weighted by atomic mass is 31.2. The van der Waals surface area contributed by atoms with E-state index < -0.39 is 13.2 Å². The number of quaternary nitrogens is 1. The summed E-state index contributed by atoms with van der Waals surface area (Å²) in [7, 11) is 1.22. The molecule has 1 unspecified atom stereocenters. The Morgan fingerprint density at radius 1 is 0.889 bits per heavy atom. The summed E-state index contributed by atoms with van der Waals surface area (Å²) in [6.07, 6.45) is 0. The van der Waals surface area contributed by atoms with Crippen molar-refractivity contribution in [2.24, 2.45) is 5.41 Å². The maximum absolute atomic E-state index is 11.8. The van der Waals surface area contributed by atoms with Crippen LogP contribution in [0, 0.1) is 5.41 Å². The van der Waals surface area contributed by atoms with E-state index in [1.807, 2.05) is 14.1 Å². The van der Waals surface area contributed by atoms with Crippen molar-refractivity contribution in [3.63, 3.8) is 0 Å². The molecule has 27 heavy (non-hydrogen) atoms. The third-order valence-corrected chi connectivity index (χ3v) is 4.83. The quantitative estimate of drug-likeness (QED) is 0.159. The van der Waals surface area contributed by atoms with Gasteiger partial charge in [-0.25, -0.2) is 4.57 Å². The molecule has 0 spiro atoms. The summed E-state index contributed by atoms with van der Waals surface area (Å²) in [5.74, 6) is 0. The Morgan fingerprint density at radius 2 is 1.37 bits per heavy atom. The molecule has 0 aliphatic rings. The van der Waals surface area contributed by atoms with E-state index in [0.717, 1.165) is 0 Å². The molecular formula is C16H37NO9P+. The van der Waals surface area contributed by atoms with Crippen molar-refractivity contribution >= 4 is 7.82 Å². The average molecular weight is 418 g/mol. The average Bonchev–Trinajstić information content (AvgIpc) is 2.59. The second-order valence-corrected chi connectivity index (χ2v) is 8.75. The number of aliphatic hydroxyl groups is 2. The Kier molecular flexibility index (Phi) is 13.9. The summed E-state index contributed by atoms with van der Waals surface area (Å²) in [5, 5.41) is 18.8. The van der Waals surface area contributed by atoms with E-state index in [0.29, 0.717) is 44.0 Å². The number of nitrogens with zero attached hydrogens (tertiary/aromatic N) is 1. The SMILES string of the molecule is COCCOCCOCCOP(=O)(O)OCC[N+](C)(C)CC(C)(CO)CO. The normalized spacial score (nSPS) is 15.1. The van der Waals surface area contributed by atoms with Crippen molar-refractivity contribution in [1.82, 2.24) is 0 Å². The Labute approximate surface area is 162 Å². The van der Waals surface area contributed by atoms with Gasteiger partial charge in [-0.15, -0.1) is 0 Å². The first-order valence-corrected chi connectivity index (χ1v) is 10.4. The minimum Gasteiger partial charge on any atom is -0.395 e. The summed E-state index contributed by atoms with van der Waals surface area (Å²) in [6.45, 7) is 4.22. The first-order valence-electron chi connectivity index (χ1n) is 8.90. The molecule has 0 aliphatic carbocycles. The van der Waals surface area contributed by atoms with Crippen LogP contribution < -0.4 is 0 Å². The zero-order valence-electron chi connectivity index (χ0n) is 17.0. The van der Waals surface area contributed by atoms with Crippen LogP contribution in [0.3, 0.4) is 0 Å². The first-order chi connectivity index (χ1) is 12.6. The van der Waals surface area contributed by atoms with Crippen LogP contribution in [0.15, 0.2) is 0 Å². The van der Waals surface area contributed by atoms with Gasteiger partial charge in [0.25, 0.3) is 0 Å². The zero-order chi connectivity index (χ0) is 20.8. The van der Waals surface area contributed by atoms with Gasteiger partial charge in [0.2, 0.25) is 0 Å². The second kappa shape index (κ2) is 13.9. The molecule has 0 aliphatic heterocycles. The van der Waals surface area contributed by atoms with E-state index in [-0.39, 0.29) is 33.0 Å². The molecule has 1 atom stereocenters. The third kappa shape index (κ3) is 14.5. The van der Waals surface area contributed by atoms with Crippen LogP contribution in [0.5, 0.6) is 0 Å². The topological polar surface area (TPSA) is 124 Å². The minimum atomic E-state index is -4.15. The molecule has 164 valence electrons. The molecule has 0 fully saturated rings. The lowest BCUT2D eigenvalue weighted by molar-refractivity contribution is -0.897. The van der Waals surface area contributed by atoms with E-state index in [9.17, 15) is 19.7 Å². The number of ether oxygens (including phenoxy) is 3. The van der Waals surface area contributed by atoms with E-state index in [1.54, 1.807) is 14.0 Å². The smallest absolute Gasteiger partial charge is 0.395 e. The monoisotopic (exact) mass is 418 g/mol. The highest BCUT2D eigenvalue weighted by molar-refractivity contribution is 7.47. The fraction of sp³-hybridized carbons (Fsp3) is 1.00. The molecule has 0 aromatic heterocycles. The fourth-order valence-corrected chi connectivity index (χ4v) is 3.07. The van der Waals surface area contributed by atoms with Crippen LogP contribution in [0.1, 0.15) is 6.92 Å². The van der Waals surface area contributed by atoms with Gasteiger partial charge in [-0.3, -0.25) is 9.05 Å². The van der Waals surface area contributed by atoms with Crippen LogP contribution in [0.4, 0.5) is 0 Å². The first kappa shape index (κ1) is 26.9. The molecule has 0 heterocycles. The molecular weight excluding hydrogens is 381 g/mol. The third-order valence-electron chi connectivity index (χ3n) is 3.81. The highest BCUT2D eigenvalue weighted by Gasteiger charge is 2.32. The van der Waals surface area contributed by atoms with Crippen molar-refractivity contribution in [3.8, 4) is 0 Å². The number of rotatable bonds is 18. The molecule has 0 radical (unpaired) electrons. The Balaban J connectivity index is 3.91. The van der Waals surface area contributed by atoms with Gasteiger partial charge in [0.1, 0.15) is 13.2 Å². The van der Waals surface area contributed by atoms with E-state index >= 15 is 0 Å². The van der Waals surface area contributed by atoms with E-state index in [4.69, 9.17) is 23.3 Å². The second-order valence-electron chi connectivity index (χ2n) is 7.30. The predicted octanol–water partition coefficient (Wildman–Crippen LogP) is -0.133. The maximum Gasteiger partial charge on any atom is 0.472 e. The Morgan fingerprint density at radius 3 is 1.89 bits per heavy atom. The van der Waals surface area contributed by atoms with Gasteiger partial charge >= 0.3 is 7.82 Å². The largest absolute Gasteiger partial charge is 0.472 e. The van der Waals surface area contributed by atoms with Crippen molar-refractivity contribution < 1.29 is 47.4 Å². The standard InChI is InChI=1S/C16H36NO9P/c1-16(14-18,15-19)13-17(2,3)5-6-25-27(20,21)26-12-11-24-10-9-23-8-7-22-4/h18-19H,5-15H2,1-4H3/p+1. The van der Waals surface area contributed by atoms with Gasteiger partial charge in [0, 0.05) is 7.11 Å². The molecule has 3 N–H and O–H groups in total. The lowest BCUT2D eigenvalue weighted by Gasteiger charge is -2.37. The van der Waals surface area contributed by atoms with Crippen molar-refractivity contribution in [3.05, 3.63) is 0 Å². The number of hydrogen-bond acceptors (Lipinski definition) is 8. The number of hydrogen-bond donors (Lipinski definition) is 3. The van der Waals surface area contributed by atoms with Crippen LogP contribution in [0.2, 0.25) is 0 Å². The maximum atomic E-state index is 11.8. The van der Waals surface area contributed by atoms with Crippen LogP contribution in [-0.2, 0) is 27.8 Å². The number of phosphoric acid groups is 1. The predicted molar refractivity (Wildman–Crippen MR) is 99.4 cm³/mol. The molecule has 0 saturated carbocycles. The highest BCUT2D eigenvalue weighted by Crippen LogP contribution is 2.42. The van der Waals surface area contributed by atoms with Crippen LogP contribution in [-0.4, -0.2) is 113 Å². The number of methoxy groups -OCH3 is 1. The molecule has 11 heteroatoms. The van der Waals surface area contributed by atoms with Crippen LogP contribution >= 0.6 is 7.82 Å². The number of phosphoric ester groups is 1. The molecule has 0 amide bonds. The summed E-state index contributed by atoms with van der Waals surface area (Å²) in [5.41, 5.74) is -0.631. The summed E-state index contributed by atoms with van der Waals surface area (Å²) in [6, 6.07) is 0. The van der Waals surface area contributed by atoms with Gasteiger partial charge in [0.15, 0.2) is 0 Å². The zero-order valence-corrected chi connectivity index (χ0v) is 17.9. The van der Waals surface area contributed by atoms with Crippen LogP contribution in [0.25, 0.3) is 0 Å². The van der Waals surface area contributed by atoms with Crippen molar-refractivity contribution in [1.29, 1.82) is 0 Å². The summed E-state index contributed by atoms with van der Waals surface area (Å²) in [4.78, 5) is 9.67. The number of likely N-dealkylation sites (N-methyl/N-ethyl adjacent to an activating group) is 1. The lowest BCUT2D eigenvalue weighted by atomic mass is 9.91. The summed E-state index contributed by atoms with van der Waals surface area (Å²) < 4.78 is 37.3. The van der Waals surface area contributed by atoms with Gasteiger partial charge in [-0.05, 0) is 6.92 Å². The molecule has 0 aromatic carbocycles. The van der Waals surface area contributed by atoms with E-state index in [2.05, 4.69) is 0 Å². The van der Waals surface area contributed by atoms with Gasteiger partial charge in [-0.2, -0.15) is 0 Å². The molecule has 0 aromatic rings. The van der Waals surface area contributed by atoms with Gasteiger partial charge in [-0.1, -0.05) is 0 Å². The number of aliphatic hydroxyl groups excluding tert-OH is 2. The molecule has 10 nitrogen and oxygen atoms in total. The van der Waals surface area contributed by atoms with Crippen molar-refractivity contribution in [2.75, 3.05) is 93.8 Å². The Bertz CT molecular complexity index is 419. The van der Waals surface area contributed by atoms with Gasteiger partial charge < -0.3 is 33.8 Å². The van der Waals surface area contributed by atoms with Gasteiger partial charge in [0.05, 0.1) is 78.9 Å². The molecule has 0 rings (SSSR count). The molecule has 0 saturated heterocycles. The fourth-order valence-electron chi connectivity index (χ4n) is 2.38.